The van der Waals surface area contributed by atoms with E-state index in [1.807, 2.05) is 18.2 Å². The van der Waals surface area contributed by atoms with Gasteiger partial charge < -0.3 is 4.74 Å². The second-order valence-electron chi connectivity index (χ2n) is 3.25. The smallest absolute Gasteiger partial charge is 0.253 e. The summed E-state index contributed by atoms with van der Waals surface area (Å²) in [6.45, 7) is 0.668. The van der Waals surface area contributed by atoms with Gasteiger partial charge in [-0.1, -0.05) is 30.3 Å². The van der Waals surface area contributed by atoms with Crippen LogP contribution in [0.3, 0.4) is 0 Å². The molecule has 0 aliphatic carbocycles. The highest BCUT2D eigenvalue weighted by Crippen LogP contribution is 2.04. The Bertz CT molecular complexity index is 372. The lowest BCUT2D eigenvalue weighted by atomic mass is 10.1. The molecule has 0 aliphatic rings. The molecule has 0 saturated carbocycles. The summed E-state index contributed by atoms with van der Waals surface area (Å²) in [4.78, 5) is 0. The molecule has 0 unspecified atom stereocenters. The average Bonchev–Trinajstić information content (AvgIpc) is 2.79. The largest absolute Gasteiger partial charge is 0.475 e. The monoisotopic (exact) mass is 203 g/mol. The summed E-state index contributed by atoms with van der Waals surface area (Å²) in [5.41, 5.74) is 1.33. The van der Waals surface area contributed by atoms with Crippen LogP contribution in [0.2, 0.25) is 0 Å². The molecule has 78 valence electrons. The van der Waals surface area contributed by atoms with Gasteiger partial charge in [-0.3, -0.25) is 0 Å². The SMILES string of the molecule is c1ccc(CCCOc2cn[nH]n2)cc1. The summed E-state index contributed by atoms with van der Waals surface area (Å²) >= 11 is 0. The maximum absolute atomic E-state index is 5.36. The van der Waals surface area contributed by atoms with Crippen molar-refractivity contribution < 1.29 is 4.74 Å². The van der Waals surface area contributed by atoms with E-state index in [-0.39, 0.29) is 0 Å². The van der Waals surface area contributed by atoms with Crippen molar-refractivity contribution in [2.75, 3.05) is 6.61 Å². The molecule has 2 aromatic rings. The van der Waals surface area contributed by atoms with Gasteiger partial charge in [0.15, 0.2) is 0 Å². The lowest BCUT2D eigenvalue weighted by Gasteiger charge is -2.02. The number of aromatic amines is 1. The Balaban J connectivity index is 1.68. The number of hydrogen-bond acceptors (Lipinski definition) is 3. The Kier molecular flexibility index (Phi) is 3.33. The van der Waals surface area contributed by atoms with Crippen LogP contribution in [0.5, 0.6) is 5.88 Å². The van der Waals surface area contributed by atoms with Crippen molar-refractivity contribution in [1.29, 1.82) is 0 Å². The molecule has 0 atom stereocenters. The van der Waals surface area contributed by atoms with Gasteiger partial charge in [0.2, 0.25) is 0 Å². The Morgan fingerprint density at radius 2 is 2.07 bits per heavy atom. The van der Waals surface area contributed by atoms with Gasteiger partial charge in [0.05, 0.1) is 6.61 Å². The van der Waals surface area contributed by atoms with Crippen LogP contribution in [0.4, 0.5) is 0 Å². The fraction of sp³-hybridized carbons (Fsp3) is 0.273. The molecule has 0 radical (unpaired) electrons. The van der Waals surface area contributed by atoms with Crippen molar-refractivity contribution >= 4 is 0 Å². The second kappa shape index (κ2) is 5.14. The molecule has 0 spiro atoms. The van der Waals surface area contributed by atoms with Crippen LogP contribution in [-0.4, -0.2) is 22.0 Å². The first-order valence-electron chi connectivity index (χ1n) is 4.97. The first-order chi connectivity index (χ1) is 7.45. The van der Waals surface area contributed by atoms with Crippen LogP contribution in [0.1, 0.15) is 12.0 Å². The molecule has 15 heavy (non-hydrogen) atoms. The van der Waals surface area contributed by atoms with Gasteiger partial charge >= 0.3 is 0 Å². The van der Waals surface area contributed by atoms with Crippen molar-refractivity contribution in [3.63, 3.8) is 0 Å². The van der Waals surface area contributed by atoms with Gasteiger partial charge in [0.1, 0.15) is 6.20 Å². The van der Waals surface area contributed by atoms with E-state index in [1.165, 1.54) is 5.56 Å². The van der Waals surface area contributed by atoms with E-state index in [4.69, 9.17) is 4.74 Å². The van der Waals surface area contributed by atoms with Crippen molar-refractivity contribution in [2.45, 2.75) is 12.8 Å². The summed E-state index contributed by atoms with van der Waals surface area (Å²) in [5.74, 6) is 0.558. The predicted octanol–water partition coefficient (Wildman–Crippen LogP) is 1.82. The lowest BCUT2D eigenvalue weighted by Crippen LogP contribution is -1.99. The van der Waals surface area contributed by atoms with Gasteiger partial charge in [-0.25, -0.2) is 0 Å². The van der Waals surface area contributed by atoms with Crippen LogP contribution in [-0.2, 0) is 6.42 Å². The van der Waals surface area contributed by atoms with Gasteiger partial charge in [-0.05, 0) is 18.4 Å². The fourth-order valence-corrected chi connectivity index (χ4v) is 1.36. The summed E-state index contributed by atoms with van der Waals surface area (Å²) < 4.78 is 5.36. The van der Waals surface area contributed by atoms with E-state index in [0.717, 1.165) is 12.8 Å². The highest BCUT2D eigenvalue weighted by atomic mass is 16.5. The third kappa shape index (κ3) is 3.09. The minimum Gasteiger partial charge on any atom is -0.475 e. The quantitative estimate of drug-likeness (QED) is 0.754. The Morgan fingerprint density at radius 1 is 1.20 bits per heavy atom. The fourth-order valence-electron chi connectivity index (χ4n) is 1.36. The molecule has 1 N–H and O–H groups in total. The molecule has 0 bridgehead atoms. The third-order valence-corrected chi connectivity index (χ3v) is 2.10. The maximum atomic E-state index is 5.36. The van der Waals surface area contributed by atoms with Gasteiger partial charge in [-0.2, -0.15) is 10.3 Å². The van der Waals surface area contributed by atoms with Crippen LogP contribution in [0.25, 0.3) is 0 Å². The van der Waals surface area contributed by atoms with E-state index in [2.05, 4.69) is 27.5 Å². The predicted molar refractivity (Wildman–Crippen MR) is 56.6 cm³/mol. The number of benzene rings is 1. The molecule has 0 amide bonds. The highest BCUT2D eigenvalue weighted by Gasteiger charge is 1.96. The summed E-state index contributed by atoms with van der Waals surface area (Å²) in [6.07, 6.45) is 3.58. The number of aromatic nitrogens is 3. The highest BCUT2D eigenvalue weighted by molar-refractivity contribution is 5.14. The number of ether oxygens (including phenoxy) is 1. The Hall–Kier alpha value is -1.84. The van der Waals surface area contributed by atoms with Crippen molar-refractivity contribution in [3.05, 3.63) is 42.1 Å². The zero-order valence-corrected chi connectivity index (χ0v) is 8.39. The maximum Gasteiger partial charge on any atom is 0.253 e. The van der Waals surface area contributed by atoms with E-state index in [1.54, 1.807) is 6.20 Å². The molecule has 0 aliphatic heterocycles. The van der Waals surface area contributed by atoms with Crippen molar-refractivity contribution in [2.24, 2.45) is 0 Å². The number of nitrogens with one attached hydrogen (secondary N) is 1. The van der Waals surface area contributed by atoms with Crippen LogP contribution < -0.4 is 4.74 Å². The Morgan fingerprint density at radius 3 is 2.80 bits per heavy atom. The minimum atomic E-state index is 0.558. The van der Waals surface area contributed by atoms with Gasteiger partial charge in [0, 0.05) is 0 Å². The van der Waals surface area contributed by atoms with Crippen molar-refractivity contribution in [3.8, 4) is 5.88 Å². The van der Waals surface area contributed by atoms with E-state index in [0.29, 0.717) is 12.5 Å². The van der Waals surface area contributed by atoms with E-state index < -0.39 is 0 Å². The standard InChI is InChI=1S/C11H13N3O/c1-2-5-10(6-3-1)7-4-8-15-11-9-12-14-13-11/h1-3,5-6,9H,4,7-8H2,(H,12,13,14). The third-order valence-electron chi connectivity index (χ3n) is 2.10. The van der Waals surface area contributed by atoms with Crippen LogP contribution >= 0.6 is 0 Å². The van der Waals surface area contributed by atoms with E-state index in [9.17, 15) is 0 Å². The molecule has 1 aromatic carbocycles. The summed E-state index contributed by atoms with van der Waals surface area (Å²) in [6, 6.07) is 10.4. The second-order valence-corrected chi connectivity index (χ2v) is 3.25. The molecule has 4 heteroatoms. The summed E-state index contributed by atoms with van der Waals surface area (Å²) in [7, 11) is 0. The molecular weight excluding hydrogens is 190 g/mol. The summed E-state index contributed by atoms with van der Waals surface area (Å²) in [5, 5.41) is 9.96. The molecule has 4 nitrogen and oxygen atoms in total. The van der Waals surface area contributed by atoms with Crippen LogP contribution in [0, 0.1) is 0 Å². The number of hydrogen-bond donors (Lipinski definition) is 1. The number of aryl methyl sites for hydroxylation is 1. The molecule has 2 rings (SSSR count). The normalized spacial score (nSPS) is 10.1. The Labute approximate surface area is 88.3 Å². The minimum absolute atomic E-state index is 0.558. The molecule has 1 aromatic heterocycles. The van der Waals surface area contributed by atoms with Crippen molar-refractivity contribution in [1.82, 2.24) is 15.4 Å². The molecule has 0 fully saturated rings. The lowest BCUT2D eigenvalue weighted by molar-refractivity contribution is 0.299. The molecular formula is C11H13N3O. The first kappa shape index (κ1) is 9.71. The van der Waals surface area contributed by atoms with Gasteiger partial charge in [0.25, 0.3) is 5.88 Å². The molecule has 0 saturated heterocycles. The molecule has 1 heterocycles. The zero-order chi connectivity index (χ0) is 10.3. The number of H-pyrrole nitrogens is 1. The first-order valence-corrected chi connectivity index (χ1v) is 4.97. The topological polar surface area (TPSA) is 50.8 Å². The zero-order valence-electron chi connectivity index (χ0n) is 8.39. The van der Waals surface area contributed by atoms with Gasteiger partial charge in [-0.15, -0.1) is 5.10 Å². The number of nitrogens with zero attached hydrogens (tertiary/aromatic N) is 2. The van der Waals surface area contributed by atoms with E-state index >= 15 is 0 Å². The van der Waals surface area contributed by atoms with Crippen LogP contribution in [0.15, 0.2) is 36.5 Å². The number of rotatable bonds is 5. The average molecular weight is 203 g/mol.